The molecular weight excluding hydrogens is 320 g/mol. The molecule has 0 bridgehead atoms. The van der Waals surface area contributed by atoms with Crippen molar-refractivity contribution in [2.45, 2.75) is 52.2 Å². The predicted molar refractivity (Wildman–Crippen MR) is 82.5 cm³/mol. The van der Waals surface area contributed by atoms with E-state index in [0.29, 0.717) is 12.5 Å². The molecule has 112 valence electrons. The van der Waals surface area contributed by atoms with Crippen molar-refractivity contribution in [1.29, 1.82) is 0 Å². The van der Waals surface area contributed by atoms with Gasteiger partial charge in [-0.05, 0) is 35.7 Å². The Kier molecular flexibility index (Phi) is 5.21. The van der Waals surface area contributed by atoms with Crippen molar-refractivity contribution < 1.29 is 4.79 Å². The second kappa shape index (κ2) is 6.72. The Labute approximate surface area is 128 Å². The van der Waals surface area contributed by atoms with Crippen LogP contribution in [0.5, 0.6) is 0 Å². The van der Waals surface area contributed by atoms with Crippen LogP contribution in [-0.2, 0) is 24.3 Å². The first kappa shape index (κ1) is 15.5. The van der Waals surface area contributed by atoms with E-state index in [9.17, 15) is 4.79 Å². The summed E-state index contributed by atoms with van der Waals surface area (Å²) in [5.74, 6) is 0.246. The van der Waals surface area contributed by atoms with Crippen LogP contribution >= 0.6 is 15.9 Å². The van der Waals surface area contributed by atoms with Crippen LogP contribution in [0.15, 0.2) is 4.47 Å². The van der Waals surface area contributed by atoms with E-state index < -0.39 is 0 Å². The lowest BCUT2D eigenvalue weighted by Crippen LogP contribution is -2.46. The maximum absolute atomic E-state index is 11.5. The molecule has 1 saturated heterocycles. The minimum Gasteiger partial charge on any atom is -0.344 e. The van der Waals surface area contributed by atoms with E-state index >= 15 is 0 Å². The third kappa shape index (κ3) is 3.23. The predicted octanol–water partition coefficient (Wildman–Crippen LogP) is 1.94. The fourth-order valence-electron chi connectivity index (χ4n) is 2.61. The molecule has 2 heterocycles. The Hall–Kier alpha value is -0.880. The number of likely N-dealkylation sites (tertiary alicyclic amines) is 1. The quantitative estimate of drug-likeness (QED) is 0.889. The number of carbonyl (C=O) groups is 1. The van der Waals surface area contributed by atoms with E-state index in [1.54, 1.807) is 0 Å². The van der Waals surface area contributed by atoms with Crippen molar-refractivity contribution in [2.24, 2.45) is 0 Å². The Morgan fingerprint density at radius 1 is 1.45 bits per heavy atom. The summed E-state index contributed by atoms with van der Waals surface area (Å²) < 4.78 is 3.17. The molecule has 1 N–H and O–H groups in total. The normalized spacial score (nSPS) is 19.7. The molecule has 20 heavy (non-hydrogen) atoms. The van der Waals surface area contributed by atoms with Crippen molar-refractivity contribution in [3.63, 3.8) is 0 Å². The number of hydrogen-bond donors (Lipinski definition) is 1. The number of aromatic nitrogens is 2. The molecule has 1 atom stereocenters. The molecule has 0 saturated carbocycles. The van der Waals surface area contributed by atoms with Gasteiger partial charge in [-0.15, -0.1) is 0 Å². The van der Waals surface area contributed by atoms with E-state index in [1.165, 1.54) is 5.69 Å². The van der Waals surface area contributed by atoms with Crippen LogP contribution in [0.3, 0.4) is 0 Å². The monoisotopic (exact) mass is 342 g/mol. The van der Waals surface area contributed by atoms with Gasteiger partial charge in [0.15, 0.2) is 0 Å². The van der Waals surface area contributed by atoms with E-state index in [2.05, 4.69) is 40.2 Å². The smallest absolute Gasteiger partial charge is 0.222 e. The molecule has 1 aromatic heterocycles. The maximum Gasteiger partial charge on any atom is 0.222 e. The fourth-order valence-corrected chi connectivity index (χ4v) is 3.31. The third-order valence-electron chi connectivity index (χ3n) is 3.88. The third-order valence-corrected chi connectivity index (χ3v) is 4.79. The van der Waals surface area contributed by atoms with Crippen molar-refractivity contribution in [3.8, 4) is 0 Å². The van der Waals surface area contributed by atoms with Crippen LogP contribution in [0, 0.1) is 0 Å². The van der Waals surface area contributed by atoms with E-state index in [-0.39, 0.29) is 5.91 Å². The summed E-state index contributed by atoms with van der Waals surface area (Å²) in [4.78, 5) is 13.3. The lowest BCUT2D eigenvalue weighted by Gasteiger charge is -2.30. The van der Waals surface area contributed by atoms with Crippen molar-refractivity contribution in [3.05, 3.63) is 15.9 Å². The molecule has 1 amide bonds. The summed E-state index contributed by atoms with van der Waals surface area (Å²) in [5.41, 5.74) is 2.31. The van der Waals surface area contributed by atoms with Crippen LogP contribution < -0.4 is 5.32 Å². The summed E-state index contributed by atoms with van der Waals surface area (Å²) in [7, 11) is 1.87. The van der Waals surface area contributed by atoms with Gasteiger partial charge in [-0.25, -0.2) is 0 Å². The van der Waals surface area contributed by atoms with Crippen molar-refractivity contribution >= 4 is 21.8 Å². The zero-order valence-corrected chi connectivity index (χ0v) is 14.0. The minimum atomic E-state index is 0.246. The lowest BCUT2D eigenvalue weighted by molar-refractivity contribution is -0.132. The number of aryl methyl sites for hydroxylation is 2. The Morgan fingerprint density at radius 2 is 2.20 bits per heavy atom. The molecule has 6 heteroatoms. The Bertz CT molecular complexity index is 486. The van der Waals surface area contributed by atoms with Gasteiger partial charge in [0, 0.05) is 39.1 Å². The highest BCUT2D eigenvalue weighted by atomic mass is 79.9. The lowest BCUT2D eigenvalue weighted by atomic mass is 10.1. The summed E-state index contributed by atoms with van der Waals surface area (Å²) in [6.45, 7) is 6.67. The number of rotatable bonds is 5. The summed E-state index contributed by atoms with van der Waals surface area (Å²) >= 11 is 3.66. The molecule has 0 aliphatic carbocycles. The molecule has 0 spiro atoms. The fraction of sp³-hybridized carbons (Fsp3) is 0.714. The highest BCUT2D eigenvalue weighted by molar-refractivity contribution is 9.10. The van der Waals surface area contributed by atoms with Gasteiger partial charge in [-0.3, -0.25) is 9.48 Å². The number of piperidine rings is 1. The van der Waals surface area contributed by atoms with Crippen molar-refractivity contribution in [2.75, 3.05) is 13.6 Å². The van der Waals surface area contributed by atoms with Gasteiger partial charge < -0.3 is 10.2 Å². The maximum atomic E-state index is 11.5. The van der Waals surface area contributed by atoms with Crippen LogP contribution in [0.25, 0.3) is 0 Å². The molecule has 0 aromatic carbocycles. The van der Waals surface area contributed by atoms with Gasteiger partial charge in [0.1, 0.15) is 0 Å². The van der Waals surface area contributed by atoms with Crippen LogP contribution in [0.1, 0.15) is 38.1 Å². The largest absolute Gasteiger partial charge is 0.344 e. The average Bonchev–Trinajstić information content (AvgIpc) is 2.76. The highest BCUT2D eigenvalue weighted by Crippen LogP contribution is 2.22. The minimum absolute atomic E-state index is 0.246. The summed E-state index contributed by atoms with van der Waals surface area (Å²) in [6.07, 6.45) is 2.49. The second-order valence-electron chi connectivity index (χ2n) is 5.27. The topological polar surface area (TPSA) is 50.2 Å². The van der Waals surface area contributed by atoms with Crippen LogP contribution in [-0.4, -0.2) is 40.2 Å². The Morgan fingerprint density at radius 3 is 2.80 bits per heavy atom. The number of nitrogens with one attached hydrogen (secondary N) is 1. The zero-order chi connectivity index (χ0) is 14.7. The van der Waals surface area contributed by atoms with E-state index in [1.807, 2.05) is 16.6 Å². The number of carbonyl (C=O) groups excluding carboxylic acids is 1. The number of halogens is 1. The summed E-state index contributed by atoms with van der Waals surface area (Å²) in [6, 6.07) is 0.370. The molecule has 1 fully saturated rings. The van der Waals surface area contributed by atoms with Gasteiger partial charge in [-0.2, -0.15) is 5.10 Å². The standard InChI is InChI=1S/C14H23BrN4O/c1-4-11-14(15)12(19(5-2)17-11)8-16-10-6-7-13(20)18(3)9-10/h10,16H,4-9H2,1-3H3. The molecule has 1 aliphatic rings. The first-order chi connectivity index (χ1) is 9.56. The van der Waals surface area contributed by atoms with Gasteiger partial charge in [-0.1, -0.05) is 6.92 Å². The SMILES string of the molecule is CCc1nn(CC)c(CNC2CCC(=O)N(C)C2)c1Br. The first-order valence-electron chi connectivity index (χ1n) is 7.28. The molecular formula is C14H23BrN4O. The second-order valence-corrected chi connectivity index (χ2v) is 6.06. The highest BCUT2D eigenvalue weighted by Gasteiger charge is 2.23. The number of likely N-dealkylation sites (N-methyl/N-ethyl adjacent to an activating group) is 1. The number of nitrogens with zero attached hydrogens (tertiary/aromatic N) is 3. The van der Waals surface area contributed by atoms with Crippen LogP contribution in [0.2, 0.25) is 0 Å². The van der Waals surface area contributed by atoms with Gasteiger partial charge >= 0.3 is 0 Å². The van der Waals surface area contributed by atoms with Gasteiger partial charge in [0.2, 0.25) is 5.91 Å². The van der Waals surface area contributed by atoms with Crippen LogP contribution in [0.4, 0.5) is 0 Å². The van der Waals surface area contributed by atoms with Crippen molar-refractivity contribution in [1.82, 2.24) is 20.0 Å². The molecule has 1 unspecified atom stereocenters. The van der Waals surface area contributed by atoms with E-state index in [4.69, 9.17) is 0 Å². The number of hydrogen-bond acceptors (Lipinski definition) is 3. The number of amides is 1. The van der Waals surface area contributed by atoms with Gasteiger partial charge in [0.05, 0.1) is 15.9 Å². The zero-order valence-electron chi connectivity index (χ0n) is 12.4. The molecule has 5 nitrogen and oxygen atoms in total. The average molecular weight is 343 g/mol. The first-order valence-corrected chi connectivity index (χ1v) is 8.07. The summed E-state index contributed by atoms with van der Waals surface area (Å²) in [5, 5.41) is 8.16. The molecule has 0 radical (unpaired) electrons. The molecule has 2 rings (SSSR count). The molecule has 1 aliphatic heterocycles. The van der Waals surface area contributed by atoms with E-state index in [0.717, 1.165) is 42.6 Å². The molecule has 1 aromatic rings. The van der Waals surface area contributed by atoms with Gasteiger partial charge in [0.25, 0.3) is 0 Å². The Balaban J connectivity index is 2.00.